The Morgan fingerprint density at radius 1 is 0.824 bits per heavy atom. The average Bonchev–Trinajstić information content (AvgIpc) is 3.12. The highest BCUT2D eigenvalue weighted by Crippen LogP contribution is 2.15. The van der Waals surface area contributed by atoms with E-state index in [2.05, 4.69) is 59.3 Å². The summed E-state index contributed by atoms with van der Waals surface area (Å²) in [5.41, 5.74) is 0. The van der Waals surface area contributed by atoms with Crippen molar-refractivity contribution in [3.05, 3.63) is 56.9 Å². The lowest BCUT2D eigenvalue weighted by Crippen LogP contribution is -1.56. The van der Waals surface area contributed by atoms with E-state index in [9.17, 15) is 0 Å². The van der Waals surface area contributed by atoms with Crippen LogP contribution in [0.1, 0.15) is 29.0 Å². The van der Waals surface area contributed by atoms with Crippen LogP contribution < -0.4 is 0 Å². The number of hydrogen-bond donors (Lipinski definition) is 0. The van der Waals surface area contributed by atoms with Crippen LogP contribution in [0.2, 0.25) is 0 Å². The summed E-state index contributed by atoms with van der Waals surface area (Å²) in [4.78, 5) is 2.62. The predicted molar refractivity (Wildman–Crippen MR) is 80.6 cm³/mol. The van der Waals surface area contributed by atoms with Crippen LogP contribution in [0.5, 0.6) is 0 Å². The monoisotopic (exact) mass is 260 g/mol. The third-order valence-corrected chi connectivity index (χ3v) is 4.08. The van der Waals surface area contributed by atoms with Gasteiger partial charge >= 0.3 is 0 Å². The van der Waals surface area contributed by atoms with Gasteiger partial charge in [-0.05, 0) is 54.3 Å². The Balaban J connectivity index is 0.000000181. The van der Waals surface area contributed by atoms with E-state index in [1.165, 1.54) is 29.0 Å². The van der Waals surface area contributed by atoms with Crippen molar-refractivity contribution in [2.24, 2.45) is 0 Å². The summed E-state index contributed by atoms with van der Waals surface area (Å²) in [5.74, 6) is 0. The van der Waals surface area contributed by atoms with Gasteiger partial charge in [0.2, 0.25) is 0 Å². The molecule has 2 aromatic rings. The lowest BCUT2D eigenvalue weighted by atomic mass is 10.4. The topological polar surface area (TPSA) is 0 Å². The molecule has 0 fully saturated rings. The second kappa shape index (κ2) is 7.25. The molecule has 17 heavy (non-hydrogen) atoms. The lowest BCUT2D eigenvalue weighted by molar-refractivity contribution is 0.929. The Bertz CT molecular complexity index is 405. The van der Waals surface area contributed by atoms with Crippen molar-refractivity contribution in [2.45, 2.75) is 19.3 Å². The Morgan fingerprint density at radius 2 is 1.35 bits per heavy atom. The number of hydrogen-bond acceptors (Lipinski definition) is 2. The van der Waals surface area contributed by atoms with Gasteiger partial charge in [0.25, 0.3) is 0 Å². The van der Waals surface area contributed by atoms with Crippen LogP contribution in [0.3, 0.4) is 0 Å². The summed E-state index contributed by atoms with van der Waals surface area (Å²) < 4.78 is 0. The first-order valence-electron chi connectivity index (χ1n) is 5.85. The smallest absolute Gasteiger partial charge is 0.0270 e. The molecule has 0 atom stereocenters. The van der Waals surface area contributed by atoms with E-state index in [-0.39, 0.29) is 0 Å². The molecule has 0 aliphatic heterocycles. The molecular weight excluding hydrogens is 244 g/mol. The summed E-state index contributed by atoms with van der Waals surface area (Å²) in [6.07, 6.45) is 12.8. The zero-order chi connectivity index (χ0) is 11.8. The van der Waals surface area contributed by atoms with Crippen LogP contribution in [0.4, 0.5) is 0 Å². The number of allylic oxidation sites excluding steroid dienone is 2. The summed E-state index contributed by atoms with van der Waals surface area (Å²) in [6, 6.07) is 8.38. The molecule has 0 aromatic carbocycles. The highest BCUT2D eigenvalue weighted by atomic mass is 32.1. The van der Waals surface area contributed by atoms with E-state index in [4.69, 9.17) is 0 Å². The molecule has 0 N–H and O–H groups in total. The minimum Gasteiger partial charge on any atom is -0.144 e. The van der Waals surface area contributed by atoms with Gasteiger partial charge in [-0.2, -0.15) is 0 Å². The van der Waals surface area contributed by atoms with Gasteiger partial charge in [0.15, 0.2) is 0 Å². The maximum absolute atomic E-state index is 2.24. The molecule has 2 heterocycles. The first kappa shape index (κ1) is 12.3. The summed E-state index contributed by atoms with van der Waals surface area (Å²) >= 11 is 3.53. The van der Waals surface area contributed by atoms with Crippen molar-refractivity contribution < 1.29 is 0 Å². The predicted octanol–water partition coefficient (Wildman–Crippen LogP) is 5.71. The molecule has 0 bridgehead atoms. The van der Waals surface area contributed by atoms with Gasteiger partial charge in [-0.1, -0.05) is 24.3 Å². The van der Waals surface area contributed by atoms with Crippen molar-refractivity contribution >= 4 is 34.8 Å². The Morgan fingerprint density at radius 3 is 1.65 bits per heavy atom. The number of thiophene rings is 2. The van der Waals surface area contributed by atoms with Gasteiger partial charge in [-0.3, -0.25) is 0 Å². The van der Waals surface area contributed by atoms with Gasteiger partial charge < -0.3 is 0 Å². The van der Waals surface area contributed by atoms with Crippen LogP contribution in [-0.2, 0) is 0 Å². The Hall–Kier alpha value is -1.12. The molecule has 2 heteroatoms. The standard InChI is InChI=1S/C10H8S2.C5H8/c1-3-9(11-7-1)5-6-10-4-2-8-12-10;1-2-4-5-3-1/h1-8H;1-2H,3-5H2. The van der Waals surface area contributed by atoms with Gasteiger partial charge in [0.05, 0.1) is 0 Å². The van der Waals surface area contributed by atoms with E-state index < -0.39 is 0 Å². The van der Waals surface area contributed by atoms with Crippen molar-refractivity contribution in [3.63, 3.8) is 0 Å². The molecule has 0 spiro atoms. The fourth-order valence-corrected chi connectivity index (χ4v) is 2.76. The summed E-state index contributed by atoms with van der Waals surface area (Å²) in [6.45, 7) is 0. The fraction of sp³-hybridized carbons (Fsp3) is 0.200. The average molecular weight is 260 g/mol. The molecule has 2 aromatic heterocycles. The number of rotatable bonds is 2. The van der Waals surface area contributed by atoms with Gasteiger partial charge in [-0.25, -0.2) is 0 Å². The molecule has 0 saturated carbocycles. The zero-order valence-corrected chi connectivity index (χ0v) is 11.3. The van der Waals surface area contributed by atoms with E-state index >= 15 is 0 Å². The van der Waals surface area contributed by atoms with Crippen LogP contribution in [0.25, 0.3) is 12.2 Å². The third kappa shape index (κ3) is 4.72. The minimum absolute atomic E-state index is 1.31. The quantitative estimate of drug-likeness (QED) is 0.607. The molecular formula is C15H16S2. The normalized spacial score (nSPS) is 13.9. The molecule has 0 saturated heterocycles. The molecule has 0 nitrogen and oxygen atoms in total. The second-order valence-corrected chi connectivity index (χ2v) is 5.73. The van der Waals surface area contributed by atoms with Crippen LogP contribution in [0.15, 0.2) is 47.2 Å². The Labute approximate surface area is 111 Å². The maximum Gasteiger partial charge on any atom is 0.0270 e. The molecule has 0 amide bonds. The molecule has 88 valence electrons. The molecule has 1 aliphatic rings. The second-order valence-electron chi connectivity index (χ2n) is 3.77. The highest BCUT2D eigenvalue weighted by Gasteiger charge is 1.87. The highest BCUT2D eigenvalue weighted by molar-refractivity contribution is 7.11. The largest absolute Gasteiger partial charge is 0.144 e. The minimum atomic E-state index is 1.31. The van der Waals surface area contributed by atoms with Crippen molar-refractivity contribution in [3.8, 4) is 0 Å². The maximum atomic E-state index is 2.24. The van der Waals surface area contributed by atoms with Gasteiger partial charge in [0, 0.05) is 9.75 Å². The molecule has 3 rings (SSSR count). The SMILES string of the molecule is C(=Cc1cccs1)c1cccs1.C1=CCCC1. The summed E-state index contributed by atoms with van der Waals surface area (Å²) in [5, 5.41) is 4.18. The van der Waals surface area contributed by atoms with Crippen LogP contribution in [-0.4, -0.2) is 0 Å². The molecule has 0 unspecified atom stereocenters. The Kier molecular flexibility index (Phi) is 5.27. The molecule has 0 radical (unpaired) electrons. The zero-order valence-electron chi connectivity index (χ0n) is 9.71. The first-order valence-corrected chi connectivity index (χ1v) is 7.61. The van der Waals surface area contributed by atoms with Gasteiger partial charge in [0.1, 0.15) is 0 Å². The summed E-state index contributed by atoms with van der Waals surface area (Å²) in [7, 11) is 0. The van der Waals surface area contributed by atoms with E-state index in [1.54, 1.807) is 22.7 Å². The first-order chi connectivity index (χ1) is 8.45. The molecule has 1 aliphatic carbocycles. The van der Waals surface area contributed by atoms with E-state index in [1.807, 2.05) is 0 Å². The lowest BCUT2D eigenvalue weighted by Gasteiger charge is -1.82. The van der Waals surface area contributed by atoms with Gasteiger partial charge in [-0.15, -0.1) is 22.7 Å². The van der Waals surface area contributed by atoms with E-state index in [0.717, 1.165) is 0 Å². The van der Waals surface area contributed by atoms with E-state index in [0.29, 0.717) is 0 Å². The fourth-order valence-electron chi connectivity index (χ4n) is 1.53. The van der Waals surface area contributed by atoms with Crippen molar-refractivity contribution in [2.75, 3.05) is 0 Å². The van der Waals surface area contributed by atoms with Crippen LogP contribution >= 0.6 is 22.7 Å². The van der Waals surface area contributed by atoms with Crippen LogP contribution in [0, 0.1) is 0 Å². The van der Waals surface area contributed by atoms with Crippen molar-refractivity contribution in [1.29, 1.82) is 0 Å². The third-order valence-electron chi connectivity index (χ3n) is 2.41. The van der Waals surface area contributed by atoms with Crippen molar-refractivity contribution in [1.82, 2.24) is 0 Å².